The first-order valence-electron chi connectivity index (χ1n) is 21.0. The molecule has 5 nitrogen and oxygen atoms in total. The molecule has 0 aromatic rings. The predicted molar refractivity (Wildman–Crippen MR) is 204 cm³/mol. The van der Waals surface area contributed by atoms with Crippen LogP contribution < -0.4 is 5.32 Å². The Morgan fingerprint density at radius 2 is 0.872 bits per heavy atom. The zero-order valence-corrected chi connectivity index (χ0v) is 31.7. The number of amides is 1. The lowest BCUT2D eigenvalue weighted by Gasteiger charge is -2.26. The van der Waals surface area contributed by atoms with Gasteiger partial charge in [-0.25, -0.2) is 0 Å². The van der Waals surface area contributed by atoms with Crippen LogP contribution in [0.5, 0.6) is 0 Å². The first kappa shape index (κ1) is 46.1. The zero-order chi connectivity index (χ0) is 34.5. The van der Waals surface area contributed by atoms with Crippen molar-refractivity contribution in [2.45, 2.75) is 244 Å². The highest BCUT2D eigenvalue weighted by Gasteiger charge is 2.26. The third kappa shape index (κ3) is 33.4. The molecule has 0 aliphatic carbocycles. The van der Waals surface area contributed by atoms with E-state index < -0.39 is 18.2 Å². The van der Waals surface area contributed by atoms with Crippen LogP contribution in [0.1, 0.15) is 226 Å². The lowest BCUT2D eigenvalue weighted by Crippen LogP contribution is -2.50. The second kappa shape index (κ2) is 37.9. The second-order valence-corrected chi connectivity index (χ2v) is 14.5. The lowest BCUT2D eigenvalue weighted by atomic mass is 9.99. The highest BCUT2D eigenvalue weighted by atomic mass is 16.3. The van der Waals surface area contributed by atoms with E-state index in [2.05, 4.69) is 31.3 Å². The molecule has 0 saturated heterocycles. The maximum Gasteiger partial charge on any atom is 0.220 e. The van der Waals surface area contributed by atoms with Crippen LogP contribution in [-0.4, -0.2) is 46.1 Å². The Balaban J connectivity index is 3.57. The molecule has 0 fully saturated rings. The van der Waals surface area contributed by atoms with Crippen molar-refractivity contribution < 1.29 is 20.1 Å². The molecule has 0 aliphatic rings. The number of hydrogen-bond acceptors (Lipinski definition) is 4. The Labute approximate surface area is 293 Å². The number of carbonyl (C=O) groups excluding carboxylic acids is 1. The second-order valence-electron chi connectivity index (χ2n) is 14.5. The summed E-state index contributed by atoms with van der Waals surface area (Å²) in [4.78, 5) is 12.3. The number of aliphatic hydroxyl groups excluding tert-OH is 3. The van der Waals surface area contributed by atoms with E-state index >= 15 is 0 Å². The SMILES string of the molecule is CCCC/C=C\CCCCCCCC(=O)NC(CO)C(O)C(O)CCCCCCCCCCCCCCCCCCCCCCCC. The van der Waals surface area contributed by atoms with Gasteiger partial charge in [0, 0.05) is 6.42 Å². The molecule has 4 N–H and O–H groups in total. The number of rotatable bonds is 38. The van der Waals surface area contributed by atoms with Crippen LogP contribution in [0.15, 0.2) is 12.2 Å². The highest BCUT2D eigenvalue weighted by Crippen LogP contribution is 2.17. The van der Waals surface area contributed by atoms with Gasteiger partial charge in [0.15, 0.2) is 0 Å². The summed E-state index contributed by atoms with van der Waals surface area (Å²) in [5.74, 6) is -0.154. The van der Waals surface area contributed by atoms with Gasteiger partial charge in [-0.2, -0.15) is 0 Å². The van der Waals surface area contributed by atoms with Crippen LogP contribution in [0.25, 0.3) is 0 Å². The van der Waals surface area contributed by atoms with Gasteiger partial charge in [0.2, 0.25) is 5.91 Å². The fourth-order valence-corrected chi connectivity index (χ4v) is 6.55. The summed E-state index contributed by atoms with van der Waals surface area (Å²) in [5.41, 5.74) is 0. The normalized spacial score (nSPS) is 13.7. The van der Waals surface area contributed by atoms with Gasteiger partial charge in [-0.3, -0.25) is 4.79 Å². The molecule has 0 aromatic heterocycles. The van der Waals surface area contributed by atoms with Crippen molar-refractivity contribution in [3.63, 3.8) is 0 Å². The average molecular weight is 666 g/mol. The summed E-state index contributed by atoms with van der Waals surface area (Å²) in [6.07, 6.45) is 43.2. The van der Waals surface area contributed by atoms with E-state index in [0.29, 0.717) is 12.8 Å². The molecule has 0 spiro atoms. The van der Waals surface area contributed by atoms with Gasteiger partial charge in [-0.1, -0.05) is 199 Å². The average Bonchev–Trinajstić information content (AvgIpc) is 3.07. The molecular formula is C42H83NO4. The van der Waals surface area contributed by atoms with Crippen LogP contribution in [-0.2, 0) is 4.79 Å². The van der Waals surface area contributed by atoms with E-state index in [9.17, 15) is 20.1 Å². The minimum absolute atomic E-state index is 0.154. The third-order valence-electron chi connectivity index (χ3n) is 9.87. The molecule has 5 heteroatoms. The molecule has 1 amide bonds. The maximum absolute atomic E-state index is 12.3. The minimum Gasteiger partial charge on any atom is -0.394 e. The molecule has 47 heavy (non-hydrogen) atoms. The van der Waals surface area contributed by atoms with E-state index in [1.807, 2.05) is 0 Å². The number of carbonyl (C=O) groups is 1. The summed E-state index contributed by atoms with van der Waals surface area (Å²) in [6.45, 7) is 4.14. The maximum atomic E-state index is 12.3. The number of hydrogen-bond donors (Lipinski definition) is 4. The minimum atomic E-state index is -1.13. The number of allylic oxidation sites excluding steroid dienone is 2. The molecule has 0 heterocycles. The van der Waals surface area contributed by atoms with Gasteiger partial charge in [0.1, 0.15) is 6.10 Å². The lowest BCUT2D eigenvalue weighted by molar-refractivity contribution is -0.124. The number of nitrogens with one attached hydrogen (secondary N) is 1. The van der Waals surface area contributed by atoms with Crippen molar-refractivity contribution in [1.82, 2.24) is 5.32 Å². The van der Waals surface area contributed by atoms with E-state index in [1.165, 1.54) is 154 Å². The Morgan fingerprint density at radius 1 is 0.511 bits per heavy atom. The summed E-state index contributed by atoms with van der Waals surface area (Å²) in [6, 6.07) is -0.809. The van der Waals surface area contributed by atoms with Crippen molar-refractivity contribution in [3.05, 3.63) is 12.2 Å². The van der Waals surface area contributed by atoms with Crippen LogP contribution in [0.2, 0.25) is 0 Å². The van der Waals surface area contributed by atoms with Gasteiger partial charge in [-0.15, -0.1) is 0 Å². The van der Waals surface area contributed by atoms with Crippen LogP contribution >= 0.6 is 0 Å². The van der Waals surface area contributed by atoms with Crippen LogP contribution in [0, 0.1) is 0 Å². The van der Waals surface area contributed by atoms with Gasteiger partial charge in [0.05, 0.1) is 18.8 Å². The van der Waals surface area contributed by atoms with Gasteiger partial charge >= 0.3 is 0 Å². The standard InChI is InChI=1S/C42H83NO4/c1-3-5-7-9-11-13-15-16-17-18-19-20-21-22-23-24-25-27-28-30-32-34-36-40(45)42(47)39(38-44)43-41(46)37-35-33-31-29-26-14-12-10-8-6-4-2/h10,12,39-40,42,44-45,47H,3-9,11,13-38H2,1-2H3,(H,43,46)/b12-10-. The van der Waals surface area contributed by atoms with Crippen molar-refractivity contribution in [2.24, 2.45) is 0 Å². The molecule has 280 valence electrons. The third-order valence-corrected chi connectivity index (χ3v) is 9.87. The summed E-state index contributed by atoms with van der Waals surface area (Å²) in [7, 11) is 0. The molecule has 0 aromatic carbocycles. The first-order valence-corrected chi connectivity index (χ1v) is 21.0. The molecule has 3 unspecified atom stereocenters. The Morgan fingerprint density at radius 3 is 1.30 bits per heavy atom. The van der Waals surface area contributed by atoms with Gasteiger partial charge in [-0.05, 0) is 32.1 Å². The van der Waals surface area contributed by atoms with E-state index in [-0.39, 0.29) is 12.5 Å². The quantitative estimate of drug-likeness (QED) is 0.0390. The highest BCUT2D eigenvalue weighted by molar-refractivity contribution is 5.76. The van der Waals surface area contributed by atoms with Crippen molar-refractivity contribution in [1.29, 1.82) is 0 Å². The Bertz CT molecular complexity index is 655. The fraction of sp³-hybridized carbons (Fsp3) is 0.929. The fourth-order valence-electron chi connectivity index (χ4n) is 6.55. The van der Waals surface area contributed by atoms with Crippen molar-refractivity contribution in [3.8, 4) is 0 Å². The molecule has 0 aliphatic heterocycles. The van der Waals surface area contributed by atoms with Crippen molar-refractivity contribution in [2.75, 3.05) is 6.61 Å². The van der Waals surface area contributed by atoms with E-state index in [0.717, 1.165) is 44.9 Å². The molecular weight excluding hydrogens is 582 g/mol. The monoisotopic (exact) mass is 666 g/mol. The first-order chi connectivity index (χ1) is 23.1. The molecule has 0 bridgehead atoms. The number of aliphatic hydroxyl groups is 3. The van der Waals surface area contributed by atoms with Gasteiger partial charge in [0.25, 0.3) is 0 Å². The van der Waals surface area contributed by atoms with E-state index in [4.69, 9.17) is 0 Å². The molecule has 3 atom stereocenters. The summed E-state index contributed by atoms with van der Waals surface area (Å²) < 4.78 is 0. The topological polar surface area (TPSA) is 89.8 Å². The Hall–Kier alpha value is -0.910. The van der Waals surface area contributed by atoms with Gasteiger partial charge < -0.3 is 20.6 Å². The smallest absolute Gasteiger partial charge is 0.220 e. The summed E-state index contributed by atoms with van der Waals surface area (Å²) >= 11 is 0. The van der Waals surface area contributed by atoms with Crippen LogP contribution in [0.4, 0.5) is 0 Å². The summed E-state index contributed by atoms with van der Waals surface area (Å²) in [5, 5.41) is 33.4. The Kier molecular flexibility index (Phi) is 37.2. The molecule has 0 rings (SSSR count). The van der Waals surface area contributed by atoms with Crippen molar-refractivity contribution >= 4 is 5.91 Å². The molecule has 0 radical (unpaired) electrons. The van der Waals surface area contributed by atoms with Crippen LogP contribution in [0.3, 0.4) is 0 Å². The number of unbranched alkanes of at least 4 members (excludes halogenated alkanes) is 28. The largest absolute Gasteiger partial charge is 0.394 e. The zero-order valence-electron chi connectivity index (χ0n) is 31.7. The predicted octanol–water partition coefficient (Wildman–Crippen LogP) is 11.7. The molecule has 0 saturated carbocycles. The van der Waals surface area contributed by atoms with E-state index in [1.54, 1.807) is 0 Å².